The van der Waals surface area contributed by atoms with Crippen molar-refractivity contribution >= 4 is 21.5 Å². The molecule has 5 rings (SSSR count). The second kappa shape index (κ2) is 8.03. The van der Waals surface area contributed by atoms with Crippen molar-refractivity contribution in [2.24, 2.45) is 0 Å². The third-order valence-corrected chi connectivity index (χ3v) is 5.75. The molecule has 2 nitrogen and oxygen atoms in total. The van der Waals surface area contributed by atoms with Gasteiger partial charge >= 0.3 is 192 Å². The number of benzene rings is 4. The number of hydrogen-bond acceptors (Lipinski definition) is 2. The first kappa shape index (κ1) is 19.0. The van der Waals surface area contributed by atoms with Crippen molar-refractivity contribution < 1.29 is 34.2 Å². The summed E-state index contributed by atoms with van der Waals surface area (Å²) < 4.78 is 15.5. The number of hydrogen-bond donors (Lipinski definition) is 0. The first-order valence-corrected chi connectivity index (χ1v) is 11.2. The zero-order valence-electron chi connectivity index (χ0n) is 16.2. The molecule has 0 unspecified atom stereocenters. The Labute approximate surface area is 191 Å². The van der Waals surface area contributed by atoms with Crippen LogP contribution in [0, 0.1) is 46.6 Å². The van der Waals surface area contributed by atoms with Crippen LogP contribution in [0.3, 0.4) is 0 Å². The van der Waals surface area contributed by atoms with Crippen molar-refractivity contribution in [3.05, 3.63) is 71.8 Å². The Morgan fingerprint density at radius 2 is 1.27 bits per heavy atom. The molecule has 1 heterocycles. The topological polar surface area (TPSA) is 18.5 Å². The summed E-state index contributed by atoms with van der Waals surface area (Å²) in [5, 5.41) is 4.42. The molecule has 0 saturated carbocycles. The fraction of sp³-hybridized carbons (Fsp3) is 0.111. The molecule has 1 aliphatic heterocycles. The fourth-order valence-electron chi connectivity index (χ4n) is 4.00. The van der Waals surface area contributed by atoms with E-state index < -0.39 is 0 Å². The molecule has 0 aromatic heterocycles. The van der Waals surface area contributed by atoms with Crippen LogP contribution in [0.25, 0.3) is 32.7 Å². The molecule has 0 saturated heterocycles. The van der Waals surface area contributed by atoms with E-state index in [0.29, 0.717) is 13.2 Å². The molecule has 4 aromatic carbocycles. The molecule has 1 aliphatic rings. The van der Waals surface area contributed by atoms with Crippen molar-refractivity contribution in [2.45, 2.75) is 6.42 Å². The number of fused-ring (bicyclic) bond motifs is 7. The average molecular weight is 583 g/mol. The van der Waals surface area contributed by atoms with Crippen LogP contribution in [0.1, 0.15) is 17.5 Å². The fourth-order valence-corrected chi connectivity index (χ4v) is 4.43. The van der Waals surface area contributed by atoms with E-state index in [9.17, 15) is 0 Å². The van der Waals surface area contributed by atoms with Gasteiger partial charge in [-0.2, -0.15) is 0 Å². The van der Waals surface area contributed by atoms with Crippen LogP contribution in [0.5, 0.6) is 11.5 Å². The van der Waals surface area contributed by atoms with E-state index >= 15 is 0 Å². The molecule has 3 heteroatoms. The van der Waals surface area contributed by atoms with Crippen LogP contribution in [0.2, 0.25) is 0 Å². The van der Waals surface area contributed by atoms with Crippen molar-refractivity contribution in [1.29, 1.82) is 0 Å². The molecule has 0 N–H and O–H groups in total. The second-order valence-electron chi connectivity index (χ2n) is 7.16. The van der Waals surface area contributed by atoms with E-state index in [1.165, 1.54) is 24.7 Å². The van der Waals surface area contributed by atoms with Crippen molar-refractivity contribution in [1.82, 2.24) is 0 Å². The van der Waals surface area contributed by atoms with Gasteiger partial charge in [0, 0.05) is 0 Å². The summed E-state index contributed by atoms with van der Waals surface area (Å²) in [5.41, 5.74) is 3.90. The van der Waals surface area contributed by atoms with Crippen LogP contribution in [-0.2, 0) is 0 Å². The number of rotatable bonds is 0. The van der Waals surface area contributed by atoms with Gasteiger partial charge in [-0.3, -0.25) is 0 Å². The van der Waals surface area contributed by atoms with Gasteiger partial charge in [0.15, 0.2) is 0 Å². The summed E-state index contributed by atoms with van der Waals surface area (Å²) in [6, 6.07) is 20.7. The zero-order chi connectivity index (χ0) is 20.5. The van der Waals surface area contributed by atoms with E-state index in [4.69, 9.17) is 15.9 Å². The zero-order valence-corrected chi connectivity index (χ0v) is 19.1. The molecule has 0 aliphatic carbocycles. The maximum atomic E-state index is 6.23. The van der Waals surface area contributed by atoms with E-state index in [0.717, 1.165) is 61.7 Å². The molecule has 0 bridgehead atoms. The summed E-state index contributed by atoms with van der Waals surface area (Å²) in [5.74, 6) is 7.68. The van der Waals surface area contributed by atoms with Crippen molar-refractivity contribution in [3.8, 4) is 44.5 Å². The van der Waals surface area contributed by atoms with E-state index in [1.54, 1.807) is 0 Å². The van der Waals surface area contributed by atoms with Gasteiger partial charge in [0.2, 0.25) is 0 Å². The predicted octanol–water partition coefficient (Wildman–Crippen LogP) is 5.66. The quantitative estimate of drug-likeness (QED) is 0.249. The summed E-state index contributed by atoms with van der Waals surface area (Å²) in [7, 11) is 0. The van der Waals surface area contributed by atoms with Crippen molar-refractivity contribution in [2.75, 3.05) is 13.2 Å². The Kier molecular flexibility index (Phi) is 5.08. The van der Waals surface area contributed by atoms with Gasteiger partial charge in [-0.1, -0.05) is 0 Å². The van der Waals surface area contributed by atoms with Gasteiger partial charge < -0.3 is 0 Å². The third-order valence-electron chi connectivity index (χ3n) is 5.38. The molecule has 0 fully saturated rings. The molecule has 0 radical (unpaired) electrons. The Balaban J connectivity index is 1.96. The predicted molar refractivity (Wildman–Crippen MR) is 117 cm³/mol. The molecule has 0 spiro atoms. The first-order chi connectivity index (χ1) is 14.8. The van der Waals surface area contributed by atoms with Crippen LogP contribution in [0.15, 0.2) is 60.7 Å². The Morgan fingerprint density at radius 3 is 1.83 bits per heavy atom. The Morgan fingerprint density at radius 1 is 0.733 bits per heavy atom. The third kappa shape index (κ3) is 3.31. The standard InChI is InChI=1S/C27H17AtO2/c1-2-18-4-6-20-8-10-24-26(22(20)16-18)27-23-17-19(12-13-28)5-7-21(23)9-11-25(27)30-15-3-14-29-24/h1,4-11,16-17H,3,14-15H2. The summed E-state index contributed by atoms with van der Waals surface area (Å²) in [6.07, 6.45) is 6.54. The maximum absolute atomic E-state index is 6.23. The Hall–Kier alpha value is -3.00. The van der Waals surface area contributed by atoms with Crippen LogP contribution >= 0.6 is 0 Å². The summed E-state index contributed by atoms with van der Waals surface area (Å²) in [6.45, 7) is 1.21. The molecular weight excluding hydrogens is 566 g/mol. The number of terminal acetylenes is 1. The van der Waals surface area contributed by atoms with Gasteiger partial charge in [-0.05, 0) is 0 Å². The van der Waals surface area contributed by atoms with Gasteiger partial charge in [0.05, 0.1) is 0 Å². The molecule has 30 heavy (non-hydrogen) atoms. The molecule has 4 aromatic rings. The molecule has 144 valence electrons. The van der Waals surface area contributed by atoms with Gasteiger partial charge in [-0.25, -0.2) is 0 Å². The van der Waals surface area contributed by atoms with E-state index in [1.807, 2.05) is 6.07 Å². The normalized spacial score (nSPS) is 12.7. The van der Waals surface area contributed by atoms with Gasteiger partial charge in [0.1, 0.15) is 0 Å². The van der Waals surface area contributed by atoms with Crippen LogP contribution in [0.4, 0.5) is 0 Å². The minimum absolute atomic E-state index is 0.605. The average Bonchev–Trinajstić information content (AvgIpc) is 2.87. The van der Waals surface area contributed by atoms with E-state index in [2.05, 4.69) is 70.1 Å². The van der Waals surface area contributed by atoms with Gasteiger partial charge in [-0.15, -0.1) is 0 Å². The summed E-state index contributed by atoms with van der Waals surface area (Å²) >= 11 is 1.45. The minimum atomic E-state index is 0.605. The van der Waals surface area contributed by atoms with Crippen LogP contribution < -0.4 is 9.47 Å². The van der Waals surface area contributed by atoms with Crippen molar-refractivity contribution in [3.63, 3.8) is 0 Å². The van der Waals surface area contributed by atoms with E-state index in [-0.39, 0.29) is 0 Å². The molecular formula is C27H17AtO2. The van der Waals surface area contributed by atoms with Gasteiger partial charge in [0.25, 0.3) is 0 Å². The second-order valence-corrected chi connectivity index (χ2v) is 7.90. The Bertz CT molecular complexity index is 1400. The first-order valence-electron chi connectivity index (χ1n) is 9.76. The monoisotopic (exact) mass is 583 g/mol. The molecule has 0 amide bonds. The SMILES string of the molecule is C#Cc1ccc2ccc3c(c2c1)-c1c(ccc2ccc(C#C[At])cc12)OCCCO3. The summed E-state index contributed by atoms with van der Waals surface area (Å²) in [4.78, 5) is 0. The molecule has 0 atom stereocenters. The number of ether oxygens (including phenoxy) is 2. The van der Waals surface area contributed by atoms with Crippen LogP contribution in [-0.4, -0.2) is 13.2 Å².